The summed E-state index contributed by atoms with van der Waals surface area (Å²) < 4.78 is 5.09. The van der Waals surface area contributed by atoms with Crippen molar-refractivity contribution >= 4 is 12.1 Å². The quantitative estimate of drug-likeness (QED) is 0.724. The number of nitrogens with one attached hydrogen (secondary N) is 1. The predicted molar refractivity (Wildman–Crippen MR) is 62.7 cm³/mol. The normalized spacial score (nSPS) is 24.5. The van der Waals surface area contributed by atoms with Crippen molar-refractivity contribution in [2.45, 2.75) is 45.3 Å². The number of carbonyl (C=O) groups excluding carboxylic acids is 1. The Morgan fingerprint density at radius 2 is 2.00 bits per heavy atom. The summed E-state index contributed by atoms with van der Waals surface area (Å²) in [5.41, 5.74) is 0.261. The number of alkyl carbamates (subject to hydrolysis) is 1. The van der Waals surface area contributed by atoms with E-state index in [2.05, 4.69) is 11.9 Å². The minimum absolute atomic E-state index is 0.412. The maximum absolute atomic E-state index is 11.5. The Hall–Kier alpha value is -1.52. The van der Waals surface area contributed by atoms with Gasteiger partial charge in [-0.05, 0) is 33.6 Å². The number of amides is 1. The molecule has 0 heterocycles. The Labute approximate surface area is 101 Å². The highest BCUT2D eigenvalue weighted by Gasteiger charge is 2.36. The number of hydrogen-bond acceptors (Lipinski definition) is 3. The van der Waals surface area contributed by atoms with Gasteiger partial charge in [0.05, 0.1) is 5.92 Å². The topological polar surface area (TPSA) is 75.6 Å². The molecule has 0 aromatic heterocycles. The van der Waals surface area contributed by atoms with Gasteiger partial charge in [0.2, 0.25) is 0 Å². The Morgan fingerprint density at radius 3 is 2.47 bits per heavy atom. The molecule has 2 N–H and O–H groups in total. The predicted octanol–water partition coefficient (Wildman–Crippen LogP) is 1.93. The van der Waals surface area contributed by atoms with Crippen LogP contribution in [-0.2, 0) is 9.53 Å². The van der Waals surface area contributed by atoms with E-state index >= 15 is 0 Å². The van der Waals surface area contributed by atoms with Crippen LogP contribution in [0.4, 0.5) is 4.79 Å². The van der Waals surface area contributed by atoms with Gasteiger partial charge in [-0.15, -0.1) is 0 Å². The van der Waals surface area contributed by atoms with Crippen molar-refractivity contribution in [3.05, 3.63) is 12.2 Å². The van der Waals surface area contributed by atoms with Crippen LogP contribution in [0.15, 0.2) is 12.2 Å². The zero-order chi connectivity index (χ0) is 13.2. The standard InChI is InChI=1S/C12H19NO4/c1-7-5-8(10(14)15)9(6-7)13-11(16)17-12(2,3)4/h8-9H,1,5-6H2,2-4H3,(H,13,16)(H,14,15)/t8-,9+/m1/s1. The highest BCUT2D eigenvalue weighted by molar-refractivity contribution is 5.75. The van der Waals surface area contributed by atoms with E-state index in [1.54, 1.807) is 20.8 Å². The lowest BCUT2D eigenvalue weighted by Gasteiger charge is -2.23. The Bertz CT molecular complexity index is 343. The third kappa shape index (κ3) is 4.09. The zero-order valence-corrected chi connectivity index (χ0v) is 10.4. The molecule has 96 valence electrons. The van der Waals surface area contributed by atoms with Crippen LogP contribution in [0, 0.1) is 5.92 Å². The van der Waals surface area contributed by atoms with Crippen LogP contribution >= 0.6 is 0 Å². The molecular formula is C12H19NO4. The summed E-state index contributed by atoms with van der Waals surface area (Å²) in [7, 11) is 0. The molecule has 0 radical (unpaired) electrons. The SMILES string of the molecule is C=C1C[C@H](NC(=O)OC(C)(C)C)[C@H](C(=O)O)C1. The molecule has 0 saturated heterocycles. The minimum Gasteiger partial charge on any atom is -0.481 e. The summed E-state index contributed by atoms with van der Waals surface area (Å²) in [4.78, 5) is 22.5. The summed E-state index contributed by atoms with van der Waals surface area (Å²) in [5.74, 6) is -1.51. The van der Waals surface area contributed by atoms with Crippen molar-refractivity contribution in [3.63, 3.8) is 0 Å². The molecule has 17 heavy (non-hydrogen) atoms. The Morgan fingerprint density at radius 1 is 1.41 bits per heavy atom. The van der Waals surface area contributed by atoms with E-state index < -0.39 is 29.6 Å². The first-order chi connectivity index (χ1) is 7.69. The van der Waals surface area contributed by atoms with Gasteiger partial charge in [-0.25, -0.2) is 4.79 Å². The largest absolute Gasteiger partial charge is 0.481 e. The monoisotopic (exact) mass is 241 g/mol. The van der Waals surface area contributed by atoms with Gasteiger partial charge in [0.1, 0.15) is 5.60 Å². The summed E-state index contributed by atoms with van der Waals surface area (Å²) in [6.45, 7) is 9.04. The molecule has 0 aliphatic heterocycles. The van der Waals surface area contributed by atoms with Crippen molar-refractivity contribution < 1.29 is 19.4 Å². The van der Waals surface area contributed by atoms with Gasteiger partial charge >= 0.3 is 12.1 Å². The second-order valence-electron chi connectivity index (χ2n) is 5.36. The molecule has 1 amide bonds. The molecule has 1 aliphatic rings. The summed E-state index contributed by atoms with van der Waals surface area (Å²) in [5, 5.41) is 11.6. The highest BCUT2D eigenvalue weighted by Crippen LogP contribution is 2.29. The van der Waals surface area contributed by atoms with Gasteiger partial charge in [0.25, 0.3) is 0 Å². The molecule has 0 spiro atoms. The van der Waals surface area contributed by atoms with Crippen molar-refractivity contribution in [1.82, 2.24) is 5.32 Å². The van der Waals surface area contributed by atoms with E-state index in [1.165, 1.54) is 0 Å². The highest BCUT2D eigenvalue weighted by atomic mass is 16.6. The fourth-order valence-corrected chi connectivity index (χ4v) is 1.86. The maximum atomic E-state index is 11.5. The Balaban J connectivity index is 2.58. The van der Waals surface area contributed by atoms with Gasteiger partial charge in [-0.3, -0.25) is 4.79 Å². The van der Waals surface area contributed by atoms with Crippen molar-refractivity contribution in [1.29, 1.82) is 0 Å². The van der Waals surface area contributed by atoms with Crippen molar-refractivity contribution in [2.24, 2.45) is 5.92 Å². The smallest absolute Gasteiger partial charge is 0.407 e. The number of hydrogen-bond donors (Lipinski definition) is 2. The zero-order valence-electron chi connectivity index (χ0n) is 10.4. The number of rotatable bonds is 2. The van der Waals surface area contributed by atoms with Gasteiger partial charge in [0, 0.05) is 6.04 Å². The van der Waals surface area contributed by atoms with Gasteiger partial charge in [-0.2, -0.15) is 0 Å². The molecule has 5 nitrogen and oxygen atoms in total. The molecule has 2 atom stereocenters. The third-order valence-corrected chi connectivity index (χ3v) is 2.52. The van der Waals surface area contributed by atoms with Crippen LogP contribution < -0.4 is 5.32 Å². The van der Waals surface area contributed by atoms with Gasteiger partial charge in [0.15, 0.2) is 0 Å². The average molecular weight is 241 g/mol. The van der Waals surface area contributed by atoms with E-state index in [-0.39, 0.29) is 0 Å². The first-order valence-electron chi connectivity index (χ1n) is 5.58. The molecule has 0 aromatic carbocycles. The molecule has 1 rings (SSSR count). The lowest BCUT2D eigenvalue weighted by Crippen LogP contribution is -2.42. The number of carbonyl (C=O) groups is 2. The second-order valence-corrected chi connectivity index (χ2v) is 5.36. The molecule has 0 aromatic rings. The van der Waals surface area contributed by atoms with Gasteiger partial charge in [-0.1, -0.05) is 12.2 Å². The van der Waals surface area contributed by atoms with E-state index in [4.69, 9.17) is 9.84 Å². The number of carboxylic acids is 1. The fourth-order valence-electron chi connectivity index (χ4n) is 1.86. The van der Waals surface area contributed by atoms with Crippen LogP contribution in [0.25, 0.3) is 0 Å². The molecular weight excluding hydrogens is 222 g/mol. The van der Waals surface area contributed by atoms with Crippen molar-refractivity contribution in [3.8, 4) is 0 Å². The number of ether oxygens (including phenoxy) is 1. The minimum atomic E-state index is -0.912. The van der Waals surface area contributed by atoms with Crippen LogP contribution in [0.1, 0.15) is 33.6 Å². The lowest BCUT2D eigenvalue weighted by atomic mass is 10.0. The molecule has 0 unspecified atom stereocenters. The second kappa shape index (κ2) is 4.77. The van der Waals surface area contributed by atoms with Crippen molar-refractivity contribution in [2.75, 3.05) is 0 Å². The average Bonchev–Trinajstić information content (AvgIpc) is 2.42. The number of aliphatic carboxylic acids is 1. The summed E-state index contributed by atoms with van der Waals surface area (Å²) >= 11 is 0. The maximum Gasteiger partial charge on any atom is 0.407 e. The first kappa shape index (κ1) is 13.5. The van der Waals surface area contributed by atoms with Crippen LogP contribution in [0.5, 0.6) is 0 Å². The first-order valence-corrected chi connectivity index (χ1v) is 5.58. The van der Waals surface area contributed by atoms with E-state index in [9.17, 15) is 9.59 Å². The number of carboxylic acid groups (broad SMARTS) is 1. The molecule has 0 bridgehead atoms. The summed E-state index contributed by atoms with van der Waals surface area (Å²) in [6, 6.07) is -0.421. The molecule has 1 aliphatic carbocycles. The summed E-state index contributed by atoms with van der Waals surface area (Å²) in [6.07, 6.45) is 0.329. The van der Waals surface area contributed by atoms with Crippen LogP contribution in [-0.4, -0.2) is 28.8 Å². The van der Waals surface area contributed by atoms with E-state index in [0.717, 1.165) is 5.57 Å². The molecule has 1 fully saturated rings. The third-order valence-electron chi connectivity index (χ3n) is 2.52. The Kier molecular flexibility index (Phi) is 3.80. The van der Waals surface area contributed by atoms with Crippen LogP contribution in [0.3, 0.4) is 0 Å². The van der Waals surface area contributed by atoms with Gasteiger partial charge < -0.3 is 15.2 Å². The molecule has 5 heteroatoms. The van der Waals surface area contributed by atoms with E-state index in [0.29, 0.717) is 12.8 Å². The lowest BCUT2D eigenvalue weighted by molar-refractivity contribution is -0.142. The molecule has 1 saturated carbocycles. The van der Waals surface area contributed by atoms with E-state index in [1.807, 2.05) is 0 Å². The van der Waals surface area contributed by atoms with Crippen LogP contribution in [0.2, 0.25) is 0 Å². The fraction of sp³-hybridized carbons (Fsp3) is 0.667.